The molecule has 1 atom stereocenters. The number of benzene rings is 1. The molecule has 1 unspecified atom stereocenters. The Balaban J connectivity index is 1.91. The summed E-state index contributed by atoms with van der Waals surface area (Å²) >= 11 is 5.75. The highest BCUT2D eigenvalue weighted by molar-refractivity contribution is 6.30. The Morgan fingerprint density at radius 1 is 1.36 bits per heavy atom. The second-order valence-electron chi connectivity index (χ2n) is 7.09. The van der Waals surface area contributed by atoms with Gasteiger partial charge in [-0.05, 0) is 49.8 Å². The molecule has 2 aromatic heterocycles. The number of aliphatic hydroxyl groups is 1. The van der Waals surface area contributed by atoms with Gasteiger partial charge in [0.15, 0.2) is 0 Å². The van der Waals surface area contributed by atoms with Gasteiger partial charge in [-0.1, -0.05) is 30.3 Å². The molecule has 3 aromatic rings. The van der Waals surface area contributed by atoms with Gasteiger partial charge < -0.3 is 15.0 Å². The van der Waals surface area contributed by atoms with Crippen LogP contribution in [-0.4, -0.2) is 32.0 Å². The zero-order valence-corrected chi connectivity index (χ0v) is 18.9. The molecule has 0 aliphatic heterocycles. The van der Waals surface area contributed by atoms with E-state index < -0.39 is 18.5 Å². The Morgan fingerprint density at radius 2 is 2.15 bits per heavy atom. The van der Waals surface area contributed by atoms with Crippen LogP contribution < -0.4 is 10.9 Å². The number of hydrogen-bond donors (Lipinski definition) is 2. The lowest BCUT2D eigenvalue weighted by atomic mass is 10.1. The van der Waals surface area contributed by atoms with Gasteiger partial charge in [0.1, 0.15) is 23.3 Å². The monoisotopic (exact) mass is 467 g/mol. The molecular weight excluding hydrogens is 445 g/mol. The maximum atomic E-state index is 13.9. The summed E-state index contributed by atoms with van der Waals surface area (Å²) in [5.74, 6) is 0.862. The summed E-state index contributed by atoms with van der Waals surface area (Å²) in [5.41, 5.74) is 1.09. The quantitative estimate of drug-likeness (QED) is 0.483. The predicted molar refractivity (Wildman–Crippen MR) is 128 cm³/mol. The van der Waals surface area contributed by atoms with E-state index in [9.17, 15) is 14.3 Å². The summed E-state index contributed by atoms with van der Waals surface area (Å²) in [6, 6.07) is 8.19. The third-order valence-electron chi connectivity index (χ3n) is 4.71. The van der Waals surface area contributed by atoms with Crippen LogP contribution in [0.5, 0.6) is 0 Å². The molecule has 0 aliphatic rings. The Bertz CT molecular complexity index is 1290. The Labute approximate surface area is 195 Å². The summed E-state index contributed by atoms with van der Waals surface area (Å²) in [5, 5.41) is 12.8. The first-order valence-electron chi connectivity index (χ1n) is 10.1. The summed E-state index contributed by atoms with van der Waals surface area (Å²) in [6.07, 6.45) is 6.70. The molecule has 0 bridgehead atoms. The topological polar surface area (TPSA) is 92.4 Å². The fraction of sp³-hybridized carbons (Fsp3) is 0.167. The number of aryl methyl sites for hydroxylation is 1. The number of halogens is 2. The van der Waals surface area contributed by atoms with Gasteiger partial charge in [0.25, 0.3) is 5.56 Å². The number of rotatable bonds is 8. The van der Waals surface area contributed by atoms with Gasteiger partial charge in [0.05, 0.1) is 23.4 Å². The first-order valence-corrected chi connectivity index (χ1v) is 10.5. The third-order valence-corrected chi connectivity index (χ3v) is 5.02. The molecule has 2 heterocycles. The normalized spacial score (nSPS) is 12.7. The van der Waals surface area contributed by atoms with E-state index in [-0.39, 0.29) is 10.6 Å². The van der Waals surface area contributed by atoms with E-state index in [1.54, 1.807) is 43.5 Å². The number of aliphatic hydroxyl groups excluding tert-OH is 1. The average molecular weight is 468 g/mol. The lowest BCUT2D eigenvalue weighted by Crippen LogP contribution is -2.27. The first kappa shape index (κ1) is 24.0. The Morgan fingerprint density at radius 3 is 2.79 bits per heavy atom. The number of nitrogens with one attached hydrogen (secondary N) is 1. The van der Waals surface area contributed by atoms with Crippen LogP contribution in [0.1, 0.15) is 29.9 Å². The van der Waals surface area contributed by atoms with E-state index in [0.717, 1.165) is 0 Å². The highest BCUT2D eigenvalue weighted by Crippen LogP contribution is 2.22. The maximum absolute atomic E-state index is 13.9. The molecule has 0 saturated carbocycles. The summed E-state index contributed by atoms with van der Waals surface area (Å²) in [7, 11) is 0. The summed E-state index contributed by atoms with van der Waals surface area (Å²) in [6.45, 7) is 7.12. The fourth-order valence-electron chi connectivity index (χ4n) is 3.18. The van der Waals surface area contributed by atoms with Gasteiger partial charge in [-0.3, -0.25) is 4.79 Å². The molecule has 0 fully saturated rings. The van der Waals surface area contributed by atoms with E-state index in [1.807, 2.05) is 6.92 Å². The van der Waals surface area contributed by atoms with Gasteiger partial charge in [-0.25, -0.2) is 19.4 Å². The van der Waals surface area contributed by atoms with Gasteiger partial charge >= 0.3 is 0 Å². The molecule has 0 spiro atoms. The van der Waals surface area contributed by atoms with E-state index in [1.165, 1.54) is 29.0 Å². The molecule has 170 valence electrons. The number of aromatic nitrogens is 3. The summed E-state index contributed by atoms with van der Waals surface area (Å²) < 4.78 is 15.2. The molecule has 0 radical (unpaired) electrons. The van der Waals surface area contributed by atoms with Crippen molar-refractivity contribution in [2.45, 2.75) is 19.9 Å². The minimum atomic E-state index is -0.766. The van der Waals surface area contributed by atoms with Crippen molar-refractivity contribution in [2.75, 3.05) is 11.9 Å². The lowest BCUT2D eigenvalue weighted by molar-refractivity contribution is 0.246. The molecule has 0 aliphatic carbocycles. The van der Waals surface area contributed by atoms with Crippen molar-refractivity contribution in [3.63, 3.8) is 0 Å². The molecule has 7 nitrogen and oxygen atoms in total. The predicted octanol–water partition coefficient (Wildman–Crippen LogP) is 4.27. The number of hydrogen-bond acceptors (Lipinski definition) is 6. The van der Waals surface area contributed by atoms with E-state index >= 15 is 0 Å². The second kappa shape index (κ2) is 10.8. The van der Waals surface area contributed by atoms with Crippen LogP contribution in [-0.2, 0) is 0 Å². The van der Waals surface area contributed by atoms with E-state index in [0.29, 0.717) is 34.3 Å². The third kappa shape index (κ3) is 6.00. The zero-order valence-electron chi connectivity index (χ0n) is 18.2. The van der Waals surface area contributed by atoms with Gasteiger partial charge in [-0.15, -0.1) is 0 Å². The van der Waals surface area contributed by atoms with Crippen LogP contribution in [0.3, 0.4) is 0 Å². The number of nitrogens with zero attached hydrogens (tertiary/aromatic N) is 4. The van der Waals surface area contributed by atoms with Gasteiger partial charge in [0.2, 0.25) is 0 Å². The smallest absolute Gasteiger partial charge is 0.251 e. The Kier molecular flexibility index (Phi) is 7.87. The van der Waals surface area contributed by atoms with Crippen molar-refractivity contribution in [1.29, 1.82) is 0 Å². The minimum Gasteiger partial charge on any atom is -0.394 e. The van der Waals surface area contributed by atoms with Crippen molar-refractivity contribution in [1.82, 2.24) is 14.5 Å². The van der Waals surface area contributed by atoms with Gasteiger partial charge in [0, 0.05) is 24.0 Å². The molecule has 0 amide bonds. The van der Waals surface area contributed by atoms with Crippen LogP contribution in [0, 0.1) is 12.7 Å². The molecule has 3 rings (SSSR count). The first-order chi connectivity index (χ1) is 15.8. The van der Waals surface area contributed by atoms with Crippen molar-refractivity contribution in [2.24, 2.45) is 4.99 Å². The highest BCUT2D eigenvalue weighted by Gasteiger charge is 2.16. The van der Waals surface area contributed by atoms with Crippen molar-refractivity contribution < 1.29 is 9.50 Å². The number of aliphatic imine (C=N–C) groups is 1. The SMILES string of the molecule is C=C(N=C(/C=C\C)c1ccn(C(CO)c2ccc(Cl)c(F)c2)c(=O)c1)Nc1ccnc(C)n1. The van der Waals surface area contributed by atoms with Crippen molar-refractivity contribution in [3.8, 4) is 0 Å². The lowest BCUT2D eigenvalue weighted by Gasteiger charge is -2.19. The fourth-order valence-corrected chi connectivity index (χ4v) is 3.30. The number of allylic oxidation sites excluding steroid dienone is 2. The van der Waals surface area contributed by atoms with Crippen LogP contribution >= 0.6 is 11.6 Å². The molecular formula is C24H23ClFN5O2. The minimum absolute atomic E-state index is 0.0312. The Hall–Kier alpha value is -3.62. The van der Waals surface area contributed by atoms with Gasteiger partial charge in [-0.2, -0.15) is 0 Å². The maximum Gasteiger partial charge on any atom is 0.251 e. The van der Waals surface area contributed by atoms with Crippen LogP contribution in [0.15, 0.2) is 83.1 Å². The van der Waals surface area contributed by atoms with Crippen LogP contribution in [0.2, 0.25) is 5.02 Å². The largest absolute Gasteiger partial charge is 0.394 e. The molecule has 1 aromatic carbocycles. The van der Waals surface area contributed by atoms with Crippen LogP contribution in [0.25, 0.3) is 0 Å². The molecule has 2 N–H and O–H groups in total. The average Bonchev–Trinajstić information content (AvgIpc) is 2.77. The highest BCUT2D eigenvalue weighted by atomic mass is 35.5. The molecule has 33 heavy (non-hydrogen) atoms. The van der Waals surface area contributed by atoms with E-state index in [2.05, 4.69) is 26.9 Å². The standard InChI is InChI=1S/C24H23ClFN5O2/c1-4-5-21(28-16(3)30-23-8-10-27-15(2)29-23)17-9-11-31(24(33)13-17)22(14-32)18-6-7-19(25)20(26)12-18/h4-13,22,32H,3,14H2,1-2H3,(H,27,29,30)/b5-4-,28-21?. The number of pyridine rings is 1. The van der Waals surface area contributed by atoms with E-state index in [4.69, 9.17) is 11.6 Å². The number of anilines is 1. The van der Waals surface area contributed by atoms with Crippen molar-refractivity contribution in [3.05, 3.63) is 111 Å². The summed E-state index contributed by atoms with van der Waals surface area (Å²) in [4.78, 5) is 25.7. The van der Waals surface area contributed by atoms with Crippen molar-refractivity contribution >= 4 is 23.1 Å². The molecule has 9 heteroatoms. The van der Waals surface area contributed by atoms with Crippen LogP contribution in [0.4, 0.5) is 10.2 Å². The second-order valence-corrected chi connectivity index (χ2v) is 7.50. The zero-order chi connectivity index (χ0) is 24.0. The molecule has 0 saturated heterocycles.